The standard InChI is InChI=1S/C16H22ClF2N3/c1-10-20-13-7-12(17)14(8-15(13)21(10)3)22-6-4-5-11(9-22)16(2,18)19/h7-8,10-11,20H,4-6,9H2,1-3H3. The fraction of sp³-hybridized carbons (Fsp3) is 0.625. The largest absolute Gasteiger partial charge is 0.370 e. The van der Waals surface area contributed by atoms with Gasteiger partial charge in [-0.2, -0.15) is 0 Å². The molecule has 2 heterocycles. The summed E-state index contributed by atoms with van der Waals surface area (Å²) in [7, 11) is 2.01. The number of halogens is 3. The Hall–Kier alpha value is -1.23. The van der Waals surface area contributed by atoms with Gasteiger partial charge in [-0.15, -0.1) is 0 Å². The lowest BCUT2D eigenvalue weighted by atomic mass is 9.92. The lowest BCUT2D eigenvalue weighted by Crippen LogP contribution is -2.42. The molecule has 0 bridgehead atoms. The molecular formula is C16H22ClF2N3. The number of rotatable bonds is 2. The van der Waals surface area contributed by atoms with E-state index in [-0.39, 0.29) is 6.17 Å². The molecule has 1 saturated heterocycles. The molecular weight excluding hydrogens is 308 g/mol. The first kappa shape index (κ1) is 15.7. The number of alkyl halides is 2. The van der Waals surface area contributed by atoms with Gasteiger partial charge >= 0.3 is 0 Å². The van der Waals surface area contributed by atoms with Crippen molar-refractivity contribution in [2.24, 2.45) is 5.92 Å². The van der Waals surface area contributed by atoms with Crippen molar-refractivity contribution in [3.63, 3.8) is 0 Å². The van der Waals surface area contributed by atoms with E-state index in [0.717, 1.165) is 37.0 Å². The van der Waals surface area contributed by atoms with E-state index in [0.29, 0.717) is 18.0 Å². The van der Waals surface area contributed by atoms with Crippen molar-refractivity contribution in [3.8, 4) is 0 Å². The van der Waals surface area contributed by atoms with Crippen molar-refractivity contribution >= 4 is 28.7 Å². The van der Waals surface area contributed by atoms with Crippen LogP contribution in [-0.4, -0.2) is 32.2 Å². The first-order chi connectivity index (χ1) is 10.3. The van der Waals surface area contributed by atoms with Gasteiger partial charge in [0, 0.05) is 26.1 Å². The van der Waals surface area contributed by atoms with E-state index in [4.69, 9.17) is 11.6 Å². The van der Waals surface area contributed by atoms with Crippen LogP contribution in [0.5, 0.6) is 0 Å². The molecule has 0 radical (unpaired) electrons. The van der Waals surface area contributed by atoms with Crippen molar-refractivity contribution in [3.05, 3.63) is 17.2 Å². The number of nitrogens with zero attached hydrogens (tertiary/aromatic N) is 2. The summed E-state index contributed by atoms with van der Waals surface area (Å²) >= 11 is 6.41. The molecule has 2 aliphatic heterocycles. The van der Waals surface area contributed by atoms with Gasteiger partial charge in [0.2, 0.25) is 5.92 Å². The molecule has 3 nitrogen and oxygen atoms in total. The van der Waals surface area contributed by atoms with Crippen molar-refractivity contribution in [2.75, 3.05) is 35.3 Å². The van der Waals surface area contributed by atoms with Gasteiger partial charge in [0.05, 0.1) is 28.3 Å². The van der Waals surface area contributed by atoms with Crippen LogP contribution in [0.2, 0.25) is 5.02 Å². The molecule has 0 saturated carbocycles. The monoisotopic (exact) mass is 329 g/mol. The van der Waals surface area contributed by atoms with Gasteiger partial charge in [0.25, 0.3) is 0 Å². The second-order valence-corrected chi connectivity index (χ2v) is 6.90. The van der Waals surface area contributed by atoms with Gasteiger partial charge in [-0.3, -0.25) is 0 Å². The minimum atomic E-state index is -2.64. The third-order valence-corrected chi connectivity index (χ3v) is 5.17. The van der Waals surface area contributed by atoms with Gasteiger partial charge in [-0.1, -0.05) is 11.6 Å². The lowest BCUT2D eigenvalue weighted by Gasteiger charge is -2.37. The minimum Gasteiger partial charge on any atom is -0.370 e. The molecule has 0 spiro atoms. The van der Waals surface area contributed by atoms with Gasteiger partial charge in [-0.05, 0) is 38.8 Å². The number of hydrogen-bond acceptors (Lipinski definition) is 3. The van der Waals surface area contributed by atoms with E-state index < -0.39 is 11.8 Å². The molecule has 0 aliphatic carbocycles. The molecule has 2 atom stereocenters. The smallest absolute Gasteiger partial charge is 0.249 e. The van der Waals surface area contributed by atoms with Crippen LogP contribution in [0.15, 0.2) is 12.1 Å². The van der Waals surface area contributed by atoms with E-state index in [1.165, 1.54) is 0 Å². The first-order valence-corrected chi connectivity index (χ1v) is 8.11. The molecule has 2 unspecified atom stereocenters. The molecule has 1 N–H and O–H groups in total. The Balaban J connectivity index is 1.89. The van der Waals surface area contributed by atoms with Gasteiger partial charge in [0.1, 0.15) is 0 Å². The van der Waals surface area contributed by atoms with Crippen molar-refractivity contribution in [1.82, 2.24) is 0 Å². The normalized spacial score (nSPS) is 25.2. The van der Waals surface area contributed by atoms with Crippen molar-refractivity contribution in [2.45, 2.75) is 38.8 Å². The summed E-state index contributed by atoms with van der Waals surface area (Å²) in [5.41, 5.74) is 2.92. The zero-order valence-corrected chi connectivity index (χ0v) is 13.9. The summed E-state index contributed by atoms with van der Waals surface area (Å²) in [5.74, 6) is -3.25. The summed E-state index contributed by atoms with van der Waals surface area (Å²) < 4.78 is 27.3. The molecule has 22 heavy (non-hydrogen) atoms. The number of anilines is 3. The fourth-order valence-corrected chi connectivity index (χ4v) is 3.62. The highest BCUT2D eigenvalue weighted by Gasteiger charge is 2.38. The van der Waals surface area contributed by atoms with Crippen LogP contribution >= 0.6 is 11.6 Å². The molecule has 1 aromatic carbocycles. The second kappa shape index (κ2) is 5.44. The van der Waals surface area contributed by atoms with Crippen molar-refractivity contribution < 1.29 is 8.78 Å². The quantitative estimate of drug-likeness (QED) is 0.866. The molecule has 2 aliphatic rings. The van der Waals surface area contributed by atoms with Crippen LogP contribution in [-0.2, 0) is 0 Å². The topological polar surface area (TPSA) is 18.5 Å². The molecule has 6 heteroatoms. The average Bonchev–Trinajstić information content (AvgIpc) is 2.72. The van der Waals surface area contributed by atoms with E-state index in [2.05, 4.69) is 17.1 Å². The minimum absolute atomic E-state index is 0.204. The van der Waals surface area contributed by atoms with Crippen LogP contribution in [0.25, 0.3) is 0 Å². The second-order valence-electron chi connectivity index (χ2n) is 6.49. The summed E-state index contributed by atoms with van der Waals surface area (Å²) in [6.45, 7) is 4.22. The number of nitrogens with one attached hydrogen (secondary N) is 1. The van der Waals surface area contributed by atoms with E-state index in [1.807, 2.05) is 24.1 Å². The third-order valence-electron chi connectivity index (χ3n) is 4.87. The van der Waals surface area contributed by atoms with E-state index in [9.17, 15) is 8.78 Å². The average molecular weight is 330 g/mol. The number of benzene rings is 1. The maximum absolute atomic E-state index is 13.7. The summed E-state index contributed by atoms with van der Waals surface area (Å²) in [6.07, 6.45) is 1.54. The van der Waals surface area contributed by atoms with Crippen LogP contribution < -0.4 is 15.1 Å². The van der Waals surface area contributed by atoms with Crippen LogP contribution in [0, 0.1) is 5.92 Å². The highest BCUT2D eigenvalue weighted by atomic mass is 35.5. The number of hydrogen-bond donors (Lipinski definition) is 1. The van der Waals surface area contributed by atoms with Crippen molar-refractivity contribution in [1.29, 1.82) is 0 Å². The highest BCUT2D eigenvalue weighted by Crippen LogP contribution is 2.43. The molecule has 1 aromatic rings. The summed E-state index contributed by atoms with van der Waals surface area (Å²) in [6, 6.07) is 3.92. The Morgan fingerprint density at radius 1 is 1.32 bits per heavy atom. The van der Waals surface area contributed by atoms with Crippen LogP contribution in [0.4, 0.5) is 25.8 Å². The Labute approximate surface area is 135 Å². The zero-order valence-electron chi connectivity index (χ0n) is 13.2. The molecule has 0 amide bonds. The molecule has 3 rings (SSSR count). The van der Waals surface area contributed by atoms with Gasteiger partial charge < -0.3 is 15.1 Å². The molecule has 0 aromatic heterocycles. The Morgan fingerprint density at radius 3 is 2.73 bits per heavy atom. The maximum atomic E-state index is 13.7. The summed E-state index contributed by atoms with van der Waals surface area (Å²) in [4.78, 5) is 4.13. The fourth-order valence-electron chi connectivity index (χ4n) is 3.34. The Kier molecular flexibility index (Phi) is 3.87. The van der Waals surface area contributed by atoms with Gasteiger partial charge in [0.15, 0.2) is 0 Å². The van der Waals surface area contributed by atoms with E-state index in [1.54, 1.807) is 0 Å². The highest BCUT2D eigenvalue weighted by molar-refractivity contribution is 6.33. The Morgan fingerprint density at radius 2 is 2.05 bits per heavy atom. The number of fused-ring (bicyclic) bond motifs is 1. The molecule has 122 valence electrons. The van der Waals surface area contributed by atoms with Crippen LogP contribution in [0.3, 0.4) is 0 Å². The summed E-state index contributed by atoms with van der Waals surface area (Å²) in [5, 5.41) is 3.97. The predicted octanol–water partition coefficient (Wildman–Crippen LogP) is 4.42. The van der Waals surface area contributed by atoms with Crippen LogP contribution in [0.1, 0.15) is 26.7 Å². The molecule has 1 fully saturated rings. The lowest BCUT2D eigenvalue weighted by molar-refractivity contribution is -0.0439. The van der Waals surface area contributed by atoms with Gasteiger partial charge in [-0.25, -0.2) is 8.78 Å². The first-order valence-electron chi connectivity index (χ1n) is 7.73. The predicted molar refractivity (Wildman–Crippen MR) is 88.5 cm³/mol. The Bertz CT molecular complexity index is 573. The maximum Gasteiger partial charge on any atom is 0.249 e. The zero-order chi connectivity index (χ0) is 16.1. The number of piperidine rings is 1. The third kappa shape index (κ3) is 2.71. The SMILES string of the molecule is CC1Nc2cc(Cl)c(N3CCCC(C(C)(F)F)C3)cc2N1C. The van der Waals surface area contributed by atoms with E-state index >= 15 is 0 Å².